The van der Waals surface area contributed by atoms with Gasteiger partial charge in [0.25, 0.3) is 0 Å². The molecule has 0 amide bonds. The quantitative estimate of drug-likeness (QED) is 0.598. The van der Waals surface area contributed by atoms with E-state index >= 15 is 0 Å². The van der Waals surface area contributed by atoms with Gasteiger partial charge in [-0.15, -0.1) is 0 Å². The van der Waals surface area contributed by atoms with Gasteiger partial charge in [0, 0.05) is 5.56 Å². The fourth-order valence-electron chi connectivity index (χ4n) is 1.72. The van der Waals surface area contributed by atoms with Crippen LogP contribution in [0.15, 0.2) is 24.3 Å². The summed E-state index contributed by atoms with van der Waals surface area (Å²) in [7, 11) is 0. The summed E-state index contributed by atoms with van der Waals surface area (Å²) in [6.45, 7) is 0. The molecule has 2 nitrogen and oxygen atoms in total. The molecule has 0 spiro atoms. The lowest BCUT2D eigenvalue weighted by molar-refractivity contribution is 0.0934. The fourth-order valence-corrected chi connectivity index (χ4v) is 1.72. The fraction of sp³-hybridized carbons (Fsp3) is 0.273. The molecule has 1 atom stereocenters. The lowest BCUT2D eigenvalue weighted by atomic mass is 9.84. The molecule has 1 aromatic rings. The van der Waals surface area contributed by atoms with Crippen LogP contribution in [0.4, 0.5) is 0 Å². The summed E-state index contributed by atoms with van der Waals surface area (Å²) in [5.74, 6) is -0.431. The molecule has 0 saturated heterocycles. The number of Topliss-reactive ketones (excluding diaryl/α,β-unsaturated/α-hetero) is 1. The predicted molar refractivity (Wildman–Crippen MR) is 48.2 cm³/mol. The van der Waals surface area contributed by atoms with Crippen molar-refractivity contribution in [3.05, 3.63) is 35.4 Å². The molecule has 1 aliphatic rings. The number of fused-ring (bicyclic) bond motifs is 1. The van der Waals surface area contributed by atoms with Crippen molar-refractivity contribution in [1.82, 2.24) is 0 Å². The summed E-state index contributed by atoms with van der Waals surface area (Å²) in [6, 6.07) is 9.58. The summed E-state index contributed by atoms with van der Waals surface area (Å²) >= 11 is 0. The highest BCUT2D eigenvalue weighted by Crippen LogP contribution is 2.24. The number of carbonyl (C=O) groups is 1. The van der Waals surface area contributed by atoms with Crippen molar-refractivity contribution in [2.45, 2.75) is 12.8 Å². The molecule has 0 aromatic heterocycles. The molecule has 0 aliphatic heterocycles. The molecular formula is C11H9NO. The number of ketones is 1. The monoisotopic (exact) mass is 171 g/mol. The van der Waals surface area contributed by atoms with E-state index in [1.165, 1.54) is 0 Å². The maximum Gasteiger partial charge on any atom is 0.180 e. The molecule has 1 aliphatic carbocycles. The van der Waals surface area contributed by atoms with E-state index < -0.39 is 5.92 Å². The second kappa shape index (κ2) is 3.02. The minimum atomic E-state index is -0.421. The van der Waals surface area contributed by atoms with Crippen molar-refractivity contribution in [2.75, 3.05) is 0 Å². The first-order chi connectivity index (χ1) is 6.33. The number of hydrogen-bond acceptors (Lipinski definition) is 2. The summed E-state index contributed by atoms with van der Waals surface area (Å²) in [4.78, 5) is 11.6. The zero-order chi connectivity index (χ0) is 9.26. The van der Waals surface area contributed by atoms with Gasteiger partial charge in [-0.3, -0.25) is 4.79 Å². The Morgan fingerprint density at radius 1 is 1.38 bits per heavy atom. The average Bonchev–Trinajstić information content (AvgIpc) is 2.19. The summed E-state index contributed by atoms with van der Waals surface area (Å²) in [5, 5.41) is 8.72. The Morgan fingerprint density at radius 3 is 2.92 bits per heavy atom. The average molecular weight is 171 g/mol. The van der Waals surface area contributed by atoms with Crippen molar-refractivity contribution >= 4 is 5.78 Å². The minimum Gasteiger partial charge on any atom is -0.293 e. The Labute approximate surface area is 76.8 Å². The van der Waals surface area contributed by atoms with Crippen LogP contribution < -0.4 is 0 Å². The van der Waals surface area contributed by atoms with Crippen LogP contribution in [0.2, 0.25) is 0 Å². The zero-order valence-corrected chi connectivity index (χ0v) is 7.16. The second-order valence-corrected chi connectivity index (χ2v) is 3.24. The summed E-state index contributed by atoms with van der Waals surface area (Å²) < 4.78 is 0. The number of nitrogens with zero attached hydrogens (tertiary/aromatic N) is 1. The molecule has 0 bridgehead atoms. The third-order valence-corrected chi connectivity index (χ3v) is 2.46. The highest BCUT2D eigenvalue weighted by atomic mass is 16.1. The lowest BCUT2D eigenvalue weighted by Crippen LogP contribution is -2.20. The Kier molecular flexibility index (Phi) is 1.86. The Bertz CT molecular complexity index is 389. The number of nitriles is 1. The van der Waals surface area contributed by atoms with Gasteiger partial charge >= 0.3 is 0 Å². The van der Waals surface area contributed by atoms with Gasteiger partial charge < -0.3 is 0 Å². The first-order valence-electron chi connectivity index (χ1n) is 4.34. The van der Waals surface area contributed by atoms with Crippen LogP contribution in [0.3, 0.4) is 0 Å². The van der Waals surface area contributed by atoms with E-state index in [4.69, 9.17) is 5.26 Å². The number of hydrogen-bond donors (Lipinski definition) is 0. The summed E-state index contributed by atoms with van der Waals surface area (Å²) in [6.07, 6.45) is 1.52. The molecule has 2 rings (SSSR count). The van der Waals surface area contributed by atoms with E-state index in [9.17, 15) is 4.79 Å². The third kappa shape index (κ3) is 1.23. The Morgan fingerprint density at radius 2 is 2.15 bits per heavy atom. The Hall–Kier alpha value is -1.62. The van der Waals surface area contributed by atoms with E-state index in [1.807, 2.05) is 24.3 Å². The van der Waals surface area contributed by atoms with Crippen molar-refractivity contribution in [3.63, 3.8) is 0 Å². The largest absolute Gasteiger partial charge is 0.293 e. The van der Waals surface area contributed by atoms with Gasteiger partial charge in [0.2, 0.25) is 0 Å². The van der Waals surface area contributed by atoms with Crippen molar-refractivity contribution < 1.29 is 4.79 Å². The highest BCUT2D eigenvalue weighted by Gasteiger charge is 2.26. The molecule has 1 aromatic carbocycles. The molecular weight excluding hydrogens is 162 g/mol. The molecule has 0 fully saturated rings. The first-order valence-corrected chi connectivity index (χ1v) is 4.34. The Balaban J connectivity index is 2.46. The molecule has 2 heteroatoms. The standard InChI is InChI=1S/C11H9NO/c12-7-9-6-5-8-3-1-2-4-10(8)11(9)13/h1-4,9H,5-6H2/t9-/m0/s1. The molecule has 0 radical (unpaired) electrons. The molecule has 0 saturated carbocycles. The van der Waals surface area contributed by atoms with Crippen molar-refractivity contribution in [3.8, 4) is 6.07 Å². The molecule has 64 valence electrons. The van der Waals surface area contributed by atoms with E-state index in [0.717, 1.165) is 17.5 Å². The van der Waals surface area contributed by atoms with Gasteiger partial charge in [-0.25, -0.2) is 0 Å². The van der Waals surface area contributed by atoms with Gasteiger partial charge in [0.15, 0.2) is 5.78 Å². The van der Waals surface area contributed by atoms with Crippen LogP contribution >= 0.6 is 0 Å². The topological polar surface area (TPSA) is 40.9 Å². The van der Waals surface area contributed by atoms with E-state index in [-0.39, 0.29) is 5.78 Å². The molecule has 13 heavy (non-hydrogen) atoms. The van der Waals surface area contributed by atoms with E-state index in [1.54, 1.807) is 6.07 Å². The van der Waals surface area contributed by atoms with Crippen LogP contribution in [0.5, 0.6) is 0 Å². The lowest BCUT2D eigenvalue weighted by Gasteiger charge is -2.17. The molecule has 0 heterocycles. The summed E-state index contributed by atoms with van der Waals surface area (Å²) in [5.41, 5.74) is 1.82. The highest BCUT2D eigenvalue weighted by molar-refractivity contribution is 6.01. The molecule has 0 N–H and O–H groups in total. The van der Waals surface area contributed by atoms with Crippen molar-refractivity contribution in [2.24, 2.45) is 5.92 Å². The third-order valence-electron chi connectivity index (χ3n) is 2.46. The van der Waals surface area contributed by atoms with Crippen LogP contribution in [-0.4, -0.2) is 5.78 Å². The normalized spacial score (nSPS) is 20.5. The number of carbonyl (C=O) groups excluding carboxylic acids is 1. The van der Waals surface area contributed by atoms with Gasteiger partial charge in [0.1, 0.15) is 5.92 Å². The van der Waals surface area contributed by atoms with Gasteiger partial charge in [-0.05, 0) is 18.4 Å². The van der Waals surface area contributed by atoms with Crippen molar-refractivity contribution in [1.29, 1.82) is 5.26 Å². The second-order valence-electron chi connectivity index (χ2n) is 3.24. The van der Waals surface area contributed by atoms with Crippen LogP contribution in [-0.2, 0) is 6.42 Å². The minimum absolute atomic E-state index is 0.00986. The van der Waals surface area contributed by atoms with E-state index in [2.05, 4.69) is 0 Å². The zero-order valence-electron chi connectivity index (χ0n) is 7.16. The predicted octanol–water partition coefficient (Wildman–Crippen LogP) is 1.96. The van der Waals surface area contributed by atoms with Gasteiger partial charge in [-0.2, -0.15) is 5.26 Å². The van der Waals surface area contributed by atoms with Crippen LogP contribution in [0.25, 0.3) is 0 Å². The maximum atomic E-state index is 11.6. The van der Waals surface area contributed by atoms with Gasteiger partial charge in [0.05, 0.1) is 6.07 Å². The number of rotatable bonds is 0. The number of benzene rings is 1. The maximum absolute atomic E-state index is 11.6. The van der Waals surface area contributed by atoms with Crippen LogP contribution in [0.1, 0.15) is 22.3 Å². The SMILES string of the molecule is N#C[C@@H]1CCc2ccccc2C1=O. The first kappa shape index (κ1) is 8.00. The number of aryl methyl sites for hydroxylation is 1. The van der Waals surface area contributed by atoms with Gasteiger partial charge in [-0.1, -0.05) is 24.3 Å². The van der Waals surface area contributed by atoms with Crippen LogP contribution in [0, 0.1) is 17.2 Å². The van der Waals surface area contributed by atoms with E-state index in [0.29, 0.717) is 6.42 Å². The smallest absolute Gasteiger partial charge is 0.180 e. The molecule has 0 unspecified atom stereocenters.